The molecule has 2 rings (SSSR count). The van der Waals surface area contributed by atoms with Gasteiger partial charge in [-0.2, -0.15) is 8.42 Å². The zero-order valence-corrected chi connectivity index (χ0v) is 12.3. The summed E-state index contributed by atoms with van der Waals surface area (Å²) < 4.78 is 32.0. The van der Waals surface area contributed by atoms with Gasteiger partial charge in [0.15, 0.2) is 0 Å². The van der Waals surface area contributed by atoms with E-state index in [1.54, 1.807) is 0 Å². The molecular weight excluding hydrogens is 343 g/mol. The molecule has 0 unspecified atom stereocenters. The van der Waals surface area contributed by atoms with E-state index in [-0.39, 0.29) is 22.7 Å². The Balaban J connectivity index is 0.00000162. The van der Waals surface area contributed by atoms with E-state index in [1.165, 1.54) is 18.2 Å². The van der Waals surface area contributed by atoms with Gasteiger partial charge in [0.25, 0.3) is 15.4 Å². The first-order valence-corrected chi connectivity index (χ1v) is 7.21. The van der Waals surface area contributed by atoms with Crippen molar-refractivity contribution in [1.29, 1.82) is 0 Å². The third-order valence-electron chi connectivity index (χ3n) is 2.04. The van der Waals surface area contributed by atoms with Gasteiger partial charge in [0.05, 0.1) is 0 Å². The van der Waals surface area contributed by atoms with Crippen molar-refractivity contribution in [3.05, 3.63) is 28.1 Å². The number of thiophene rings is 1. The molecule has 1 heterocycles. The fourth-order valence-electron chi connectivity index (χ4n) is 1.43. The number of hydrogen-bond acceptors (Lipinski definition) is 4. The van der Waals surface area contributed by atoms with E-state index in [1.807, 2.05) is 0 Å². The summed E-state index contributed by atoms with van der Waals surface area (Å²) in [5, 5.41) is -0.310. The Bertz CT molecular complexity index is 721. The quantitative estimate of drug-likeness (QED) is 0.665. The number of hydrogen-bond donors (Lipinski definition) is 1. The Kier molecular flexibility index (Phi) is 4.64. The second-order valence-corrected chi connectivity index (χ2v) is 6.34. The van der Waals surface area contributed by atoms with Gasteiger partial charge in [0, 0.05) is 15.1 Å². The van der Waals surface area contributed by atoms with Crippen LogP contribution >= 0.6 is 46.9 Å². The number of rotatable bonds is 2. The third kappa shape index (κ3) is 2.79. The summed E-state index contributed by atoms with van der Waals surface area (Å²) in [5.41, 5.74) is 0. The fourth-order valence-corrected chi connectivity index (χ4v) is 4.19. The van der Waals surface area contributed by atoms with Gasteiger partial charge in [-0.25, -0.2) is 0 Å². The Labute approximate surface area is 123 Å². The summed E-state index contributed by atoms with van der Waals surface area (Å²) in [5.74, 6) is 0. The number of carbonyl (C=O) groups is 1. The Morgan fingerprint density at radius 3 is 2.44 bits per heavy atom. The molecule has 18 heavy (non-hydrogen) atoms. The first-order chi connectivity index (χ1) is 7.80. The smallest absolute Gasteiger partial charge is 0.282 e. The van der Waals surface area contributed by atoms with E-state index in [0.717, 1.165) is 11.3 Å². The van der Waals surface area contributed by atoms with Crippen molar-refractivity contribution in [3.8, 4) is 0 Å². The van der Waals surface area contributed by atoms with Gasteiger partial charge in [0.1, 0.15) is 9.77 Å². The van der Waals surface area contributed by atoms with E-state index in [0.29, 0.717) is 9.72 Å². The number of benzene rings is 1. The molecule has 1 N–H and O–H groups in total. The largest absolute Gasteiger partial charge is 0.296 e. The highest BCUT2D eigenvalue weighted by atomic mass is 35.5. The van der Waals surface area contributed by atoms with Crippen LogP contribution in [0.3, 0.4) is 0 Å². The van der Waals surface area contributed by atoms with Crippen molar-refractivity contribution in [3.63, 3.8) is 0 Å². The Hall–Kier alpha value is -0.370. The molecule has 0 atom stereocenters. The van der Waals surface area contributed by atoms with Crippen LogP contribution in [0.5, 0.6) is 0 Å². The molecule has 0 amide bonds. The molecule has 1 aromatic carbocycles. The summed E-state index contributed by atoms with van der Waals surface area (Å²) in [7, 11) is -4.51. The van der Waals surface area contributed by atoms with Crippen LogP contribution in [0.2, 0.25) is 5.02 Å². The molecule has 9 heteroatoms. The lowest BCUT2D eigenvalue weighted by molar-refractivity contribution is 0.108. The van der Waals surface area contributed by atoms with Crippen molar-refractivity contribution in [2.24, 2.45) is 0 Å². The summed E-state index contributed by atoms with van der Waals surface area (Å²) in [6.07, 6.45) is 0. The van der Waals surface area contributed by atoms with Crippen molar-refractivity contribution in [2.45, 2.75) is 4.90 Å². The lowest BCUT2D eigenvalue weighted by atomic mass is 10.2. The van der Waals surface area contributed by atoms with Crippen molar-refractivity contribution >= 4 is 72.4 Å². The average Bonchev–Trinajstić information content (AvgIpc) is 2.55. The molecular formula is C9H5Cl3O4S2. The first kappa shape index (κ1) is 15.7. The van der Waals surface area contributed by atoms with E-state index < -0.39 is 20.3 Å². The van der Waals surface area contributed by atoms with E-state index >= 15 is 0 Å². The molecule has 1 aromatic heterocycles. The van der Waals surface area contributed by atoms with E-state index in [9.17, 15) is 13.2 Å². The monoisotopic (exact) mass is 346 g/mol. The molecule has 0 bridgehead atoms. The van der Waals surface area contributed by atoms with Crippen LogP contribution in [0, 0.1) is 0 Å². The standard InChI is InChI=1S/C9H4Cl2O4S2.ClH/c10-4-1-2-5-6(3-4)16-7(9(11)12)8(5)17(13,14)15;/h1-3H,(H,13,14,15);1H. The van der Waals surface area contributed by atoms with Gasteiger partial charge in [0.2, 0.25) is 0 Å². The van der Waals surface area contributed by atoms with Crippen LogP contribution in [-0.2, 0) is 10.1 Å². The lowest BCUT2D eigenvalue weighted by Gasteiger charge is -1.96. The lowest BCUT2D eigenvalue weighted by Crippen LogP contribution is -2.02. The minimum atomic E-state index is -4.51. The molecule has 0 saturated carbocycles. The van der Waals surface area contributed by atoms with Gasteiger partial charge in [-0.15, -0.1) is 23.7 Å². The zero-order valence-electron chi connectivity index (χ0n) is 8.38. The van der Waals surface area contributed by atoms with Crippen LogP contribution in [0.1, 0.15) is 9.67 Å². The summed E-state index contributed by atoms with van der Waals surface area (Å²) in [6, 6.07) is 4.38. The molecule has 0 fully saturated rings. The number of fused-ring (bicyclic) bond motifs is 1. The van der Waals surface area contributed by atoms with Gasteiger partial charge < -0.3 is 0 Å². The van der Waals surface area contributed by atoms with Crippen LogP contribution < -0.4 is 0 Å². The number of halogens is 3. The maximum Gasteiger partial charge on any atom is 0.296 e. The average molecular weight is 348 g/mol. The molecule has 0 spiro atoms. The van der Waals surface area contributed by atoms with Crippen LogP contribution in [0.25, 0.3) is 10.1 Å². The topological polar surface area (TPSA) is 71.4 Å². The van der Waals surface area contributed by atoms with Crippen molar-refractivity contribution < 1.29 is 17.8 Å². The fraction of sp³-hybridized carbons (Fsp3) is 0. The van der Waals surface area contributed by atoms with E-state index in [4.69, 9.17) is 27.8 Å². The molecule has 0 saturated heterocycles. The Morgan fingerprint density at radius 2 is 1.94 bits per heavy atom. The first-order valence-electron chi connectivity index (χ1n) is 4.20. The van der Waals surface area contributed by atoms with Gasteiger partial charge in [-0.1, -0.05) is 17.7 Å². The molecule has 98 valence electrons. The maximum absolute atomic E-state index is 11.2. The predicted octanol–water partition coefficient (Wildman–Crippen LogP) is 3.60. The van der Waals surface area contributed by atoms with Crippen LogP contribution in [-0.4, -0.2) is 18.2 Å². The summed E-state index contributed by atoms with van der Waals surface area (Å²) in [6.45, 7) is 0. The zero-order chi connectivity index (χ0) is 12.8. The van der Waals surface area contributed by atoms with Gasteiger partial charge >= 0.3 is 0 Å². The second-order valence-electron chi connectivity index (χ2n) is 3.15. The SMILES string of the molecule is Cl.O=C(Cl)c1sc2cc(Cl)ccc2c1S(=O)(=O)O. The Morgan fingerprint density at radius 1 is 1.33 bits per heavy atom. The summed E-state index contributed by atoms with van der Waals surface area (Å²) >= 11 is 11.9. The van der Waals surface area contributed by atoms with Crippen LogP contribution in [0.4, 0.5) is 0 Å². The van der Waals surface area contributed by atoms with E-state index in [2.05, 4.69) is 0 Å². The molecule has 2 aromatic rings. The molecule has 0 aliphatic heterocycles. The summed E-state index contributed by atoms with van der Waals surface area (Å²) in [4.78, 5) is 10.5. The highest BCUT2D eigenvalue weighted by Gasteiger charge is 2.25. The third-order valence-corrected chi connectivity index (χ3v) is 4.80. The highest BCUT2D eigenvalue weighted by Crippen LogP contribution is 2.36. The predicted molar refractivity (Wildman–Crippen MR) is 74.1 cm³/mol. The minimum absolute atomic E-state index is 0. The molecule has 0 aliphatic rings. The highest BCUT2D eigenvalue weighted by molar-refractivity contribution is 7.86. The van der Waals surface area contributed by atoms with Gasteiger partial charge in [-0.3, -0.25) is 9.35 Å². The second kappa shape index (κ2) is 5.32. The molecule has 0 aliphatic carbocycles. The number of carbonyl (C=O) groups excluding carboxylic acids is 1. The maximum atomic E-state index is 11.2. The normalized spacial score (nSPS) is 11.3. The van der Waals surface area contributed by atoms with Crippen molar-refractivity contribution in [2.75, 3.05) is 0 Å². The van der Waals surface area contributed by atoms with Crippen LogP contribution in [0.15, 0.2) is 23.1 Å². The molecule has 4 nitrogen and oxygen atoms in total. The van der Waals surface area contributed by atoms with Crippen molar-refractivity contribution in [1.82, 2.24) is 0 Å². The van der Waals surface area contributed by atoms with Gasteiger partial charge in [-0.05, 0) is 23.7 Å². The molecule has 0 radical (unpaired) electrons. The minimum Gasteiger partial charge on any atom is -0.282 e.